The van der Waals surface area contributed by atoms with Gasteiger partial charge in [0.2, 0.25) is 5.91 Å². The van der Waals surface area contributed by atoms with Crippen LogP contribution in [0.25, 0.3) is 0 Å². The van der Waals surface area contributed by atoms with Crippen LogP contribution in [0.15, 0.2) is 43.0 Å². The Balaban J connectivity index is 1.88. The molecule has 0 aliphatic heterocycles. The molecule has 244 valence electrons. The zero-order chi connectivity index (χ0) is 32.5. The number of nitrogens with one attached hydrogen (secondary N) is 1. The number of amides is 1. The minimum Gasteiger partial charge on any atom is -0.497 e. The molecule has 1 heterocycles. The van der Waals surface area contributed by atoms with Crippen LogP contribution in [0.1, 0.15) is 85.6 Å². The van der Waals surface area contributed by atoms with Crippen molar-refractivity contribution in [3.05, 3.63) is 48.5 Å². The Kier molecular flexibility index (Phi) is 12.0. The number of esters is 2. The second kappa shape index (κ2) is 15.1. The summed E-state index contributed by atoms with van der Waals surface area (Å²) >= 11 is 0. The van der Waals surface area contributed by atoms with Crippen LogP contribution < -0.4 is 10.1 Å². The van der Waals surface area contributed by atoms with E-state index in [4.69, 9.17) is 18.9 Å². The highest BCUT2D eigenvalue weighted by molar-refractivity contribution is 5.89. The summed E-state index contributed by atoms with van der Waals surface area (Å²) in [6.45, 7) is 11.4. The van der Waals surface area contributed by atoms with Crippen LogP contribution in [-0.4, -0.2) is 65.0 Å². The maximum Gasteiger partial charge on any atom is 0.329 e. The largest absolute Gasteiger partial charge is 0.497 e. The molecule has 10 nitrogen and oxygen atoms in total. The Bertz CT molecular complexity index is 1210. The van der Waals surface area contributed by atoms with E-state index in [1.54, 1.807) is 47.5 Å². The number of carbonyl (C=O) groups is 3. The van der Waals surface area contributed by atoms with E-state index in [9.17, 15) is 14.4 Å². The summed E-state index contributed by atoms with van der Waals surface area (Å²) in [5.41, 5.74) is -1.39. The molecule has 1 amide bonds. The summed E-state index contributed by atoms with van der Waals surface area (Å²) in [7, 11) is 3.22. The van der Waals surface area contributed by atoms with E-state index in [0.29, 0.717) is 38.0 Å². The van der Waals surface area contributed by atoms with Gasteiger partial charge in [0.25, 0.3) is 0 Å². The standard InChI is InChI=1S/C34H51N3O7/c1-32(2,3)43-29(38)25(20-27(42-8)22-37-18-17-35-23-37)21-34(15-9-10-16-34)31(40)36-28(30(39)44-33(4,5)6)19-24-11-13-26(41-7)14-12-24/h11-14,17-18,23,25,27-28H,9-10,15-16,19-22H2,1-8H3,(H,36,40)/t25?,27?,28-/m0/s1. The van der Waals surface area contributed by atoms with Gasteiger partial charge in [0.1, 0.15) is 23.0 Å². The minimum atomic E-state index is -0.902. The fraction of sp³-hybridized carbons (Fsp3) is 0.647. The lowest BCUT2D eigenvalue weighted by atomic mass is 9.75. The number of nitrogens with zero attached hydrogens (tertiary/aromatic N) is 2. The normalized spacial score (nSPS) is 16.9. The summed E-state index contributed by atoms with van der Waals surface area (Å²) in [4.78, 5) is 45.4. The Hall–Kier alpha value is -3.40. The van der Waals surface area contributed by atoms with E-state index in [0.717, 1.165) is 18.4 Å². The number of benzene rings is 1. The molecule has 44 heavy (non-hydrogen) atoms. The molecular weight excluding hydrogens is 562 g/mol. The number of carbonyl (C=O) groups excluding carboxylic acids is 3. The van der Waals surface area contributed by atoms with Gasteiger partial charge < -0.3 is 28.8 Å². The van der Waals surface area contributed by atoms with Crippen molar-refractivity contribution in [2.24, 2.45) is 11.3 Å². The van der Waals surface area contributed by atoms with Crippen LogP contribution in [-0.2, 0) is 41.6 Å². The van der Waals surface area contributed by atoms with E-state index in [-0.39, 0.29) is 24.4 Å². The lowest BCUT2D eigenvalue weighted by Crippen LogP contribution is -2.51. The van der Waals surface area contributed by atoms with Gasteiger partial charge in [-0.3, -0.25) is 9.59 Å². The SMILES string of the molecule is COc1ccc(C[C@H](NC(=O)C2(CC(CC(Cn3ccnc3)OC)C(=O)OC(C)(C)C)CCCC2)C(=O)OC(C)(C)C)cc1. The zero-order valence-electron chi connectivity index (χ0n) is 27.7. The molecule has 3 rings (SSSR count). The van der Waals surface area contributed by atoms with E-state index in [2.05, 4.69) is 10.3 Å². The molecule has 1 saturated carbocycles. The van der Waals surface area contributed by atoms with Gasteiger partial charge in [0.15, 0.2) is 0 Å². The van der Waals surface area contributed by atoms with Crippen molar-refractivity contribution in [2.45, 2.75) is 116 Å². The van der Waals surface area contributed by atoms with Gasteiger partial charge in [0, 0.05) is 32.5 Å². The number of methoxy groups -OCH3 is 2. The predicted octanol–water partition coefficient (Wildman–Crippen LogP) is 5.27. The molecule has 0 bridgehead atoms. The monoisotopic (exact) mass is 613 g/mol. The van der Waals surface area contributed by atoms with Crippen LogP contribution in [0, 0.1) is 11.3 Å². The maximum absolute atomic E-state index is 14.3. The average Bonchev–Trinajstić information content (AvgIpc) is 3.63. The molecule has 0 saturated heterocycles. The summed E-state index contributed by atoms with van der Waals surface area (Å²) in [5, 5.41) is 3.05. The molecule has 10 heteroatoms. The van der Waals surface area contributed by atoms with Crippen LogP contribution in [0.4, 0.5) is 0 Å². The number of hydrogen-bond donors (Lipinski definition) is 1. The van der Waals surface area contributed by atoms with E-state index < -0.39 is 34.5 Å². The number of ether oxygens (including phenoxy) is 4. The third kappa shape index (κ3) is 10.6. The molecule has 2 unspecified atom stereocenters. The lowest BCUT2D eigenvalue weighted by molar-refractivity contribution is -0.164. The number of hydrogen-bond acceptors (Lipinski definition) is 8. The molecule has 1 aliphatic rings. The Morgan fingerprint density at radius 2 is 1.57 bits per heavy atom. The van der Waals surface area contributed by atoms with E-state index in [1.165, 1.54) is 0 Å². The Labute approximate surface area is 262 Å². The van der Waals surface area contributed by atoms with Crippen LogP contribution >= 0.6 is 0 Å². The first kappa shape index (κ1) is 35.1. The van der Waals surface area contributed by atoms with Crippen molar-refractivity contribution >= 4 is 17.8 Å². The summed E-state index contributed by atoms with van der Waals surface area (Å²) < 4.78 is 24.6. The predicted molar refractivity (Wildman–Crippen MR) is 167 cm³/mol. The summed E-state index contributed by atoms with van der Waals surface area (Å²) in [5.74, 6) is -0.985. The van der Waals surface area contributed by atoms with Gasteiger partial charge in [-0.05, 0) is 84.9 Å². The fourth-order valence-electron chi connectivity index (χ4n) is 5.76. The highest BCUT2D eigenvalue weighted by atomic mass is 16.6. The first-order valence-electron chi connectivity index (χ1n) is 15.5. The number of imidazole rings is 1. The molecular formula is C34H51N3O7. The average molecular weight is 614 g/mol. The van der Waals surface area contributed by atoms with Crippen molar-refractivity contribution < 1.29 is 33.3 Å². The van der Waals surface area contributed by atoms with E-state index in [1.807, 2.05) is 55.8 Å². The van der Waals surface area contributed by atoms with Crippen LogP contribution in [0.3, 0.4) is 0 Å². The van der Waals surface area contributed by atoms with Gasteiger partial charge >= 0.3 is 11.9 Å². The summed E-state index contributed by atoms with van der Waals surface area (Å²) in [6.07, 6.45) is 8.81. The highest BCUT2D eigenvalue weighted by Crippen LogP contribution is 2.45. The third-order valence-corrected chi connectivity index (χ3v) is 7.87. The molecule has 0 radical (unpaired) electrons. The second-order valence-electron chi connectivity index (χ2n) is 13.9. The zero-order valence-corrected chi connectivity index (χ0v) is 27.7. The fourth-order valence-corrected chi connectivity index (χ4v) is 5.76. The second-order valence-corrected chi connectivity index (χ2v) is 13.9. The smallest absolute Gasteiger partial charge is 0.329 e. The van der Waals surface area contributed by atoms with Crippen LogP contribution in [0.2, 0.25) is 0 Å². The van der Waals surface area contributed by atoms with Crippen molar-refractivity contribution in [3.63, 3.8) is 0 Å². The number of rotatable bonds is 14. The van der Waals surface area contributed by atoms with Gasteiger partial charge in [0.05, 0.1) is 30.9 Å². The van der Waals surface area contributed by atoms with Crippen molar-refractivity contribution in [1.82, 2.24) is 14.9 Å². The Morgan fingerprint density at radius 1 is 0.955 bits per heavy atom. The molecule has 0 spiro atoms. The van der Waals surface area contributed by atoms with Crippen molar-refractivity contribution in [3.8, 4) is 5.75 Å². The molecule has 2 aromatic rings. The first-order valence-corrected chi connectivity index (χ1v) is 15.5. The van der Waals surface area contributed by atoms with Gasteiger partial charge in [-0.25, -0.2) is 9.78 Å². The summed E-state index contributed by atoms with van der Waals surface area (Å²) in [6, 6.07) is 6.49. The van der Waals surface area contributed by atoms with Crippen LogP contribution in [0.5, 0.6) is 5.75 Å². The number of aromatic nitrogens is 2. The highest BCUT2D eigenvalue weighted by Gasteiger charge is 2.46. The van der Waals surface area contributed by atoms with Gasteiger partial charge in [-0.1, -0.05) is 25.0 Å². The Morgan fingerprint density at radius 3 is 2.09 bits per heavy atom. The van der Waals surface area contributed by atoms with E-state index >= 15 is 0 Å². The topological polar surface area (TPSA) is 118 Å². The third-order valence-electron chi connectivity index (χ3n) is 7.87. The molecule has 3 atom stereocenters. The lowest BCUT2D eigenvalue weighted by Gasteiger charge is -2.35. The van der Waals surface area contributed by atoms with Crippen molar-refractivity contribution in [1.29, 1.82) is 0 Å². The molecule has 1 aromatic heterocycles. The van der Waals surface area contributed by atoms with Gasteiger partial charge in [-0.15, -0.1) is 0 Å². The maximum atomic E-state index is 14.3. The van der Waals surface area contributed by atoms with Gasteiger partial charge in [-0.2, -0.15) is 0 Å². The molecule has 1 aromatic carbocycles. The molecule has 1 aliphatic carbocycles. The molecule has 1 fully saturated rings. The molecule has 1 N–H and O–H groups in total. The quantitative estimate of drug-likeness (QED) is 0.286. The van der Waals surface area contributed by atoms with Crippen molar-refractivity contribution in [2.75, 3.05) is 14.2 Å². The first-order chi connectivity index (χ1) is 20.6. The minimum absolute atomic E-state index is 0.239.